The first kappa shape index (κ1) is 14.9. The van der Waals surface area contributed by atoms with Gasteiger partial charge in [-0.3, -0.25) is 4.79 Å². The smallest absolute Gasteiger partial charge is 0.180 e. The van der Waals surface area contributed by atoms with E-state index in [9.17, 15) is 13.2 Å². The zero-order valence-electron chi connectivity index (χ0n) is 10.9. The number of ketones is 1. The van der Waals surface area contributed by atoms with Gasteiger partial charge in [-0.25, -0.2) is 8.42 Å². The maximum absolute atomic E-state index is 11.9. The van der Waals surface area contributed by atoms with E-state index in [1.54, 1.807) is 33.0 Å². The lowest BCUT2D eigenvalue weighted by atomic mass is 10.1. The highest BCUT2D eigenvalue weighted by Gasteiger charge is 2.19. The van der Waals surface area contributed by atoms with Gasteiger partial charge in [0, 0.05) is 18.5 Å². The Balaban J connectivity index is 2.90. The molecule has 0 aromatic heterocycles. The van der Waals surface area contributed by atoms with Crippen molar-refractivity contribution in [2.45, 2.75) is 30.4 Å². The number of nitrogens with one attached hydrogen (secondary N) is 1. The van der Waals surface area contributed by atoms with E-state index < -0.39 is 15.1 Å². The quantitative estimate of drug-likeness (QED) is 0.798. The van der Waals surface area contributed by atoms with E-state index in [-0.39, 0.29) is 10.7 Å². The van der Waals surface area contributed by atoms with Crippen molar-refractivity contribution < 1.29 is 13.2 Å². The van der Waals surface area contributed by atoms with Gasteiger partial charge in [0.15, 0.2) is 15.6 Å². The molecule has 4 nitrogen and oxygen atoms in total. The highest BCUT2D eigenvalue weighted by atomic mass is 32.2. The monoisotopic (exact) mass is 269 g/mol. The molecule has 0 saturated heterocycles. The summed E-state index contributed by atoms with van der Waals surface area (Å²) in [6.07, 6.45) is 0.410. The van der Waals surface area contributed by atoms with Gasteiger partial charge >= 0.3 is 0 Å². The lowest BCUT2D eigenvalue weighted by Gasteiger charge is -2.08. The van der Waals surface area contributed by atoms with Crippen molar-refractivity contribution in [2.24, 2.45) is 0 Å². The predicted molar refractivity (Wildman–Crippen MR) is 71.6 cm³/mol. The third-order valence-corrected chi connectivity index (χ3v) is 4.90. The molecule has 0 heterocycles. The number of benzene rings is 1. The molecular formula is C13H19NO3S. The van der Waals surface area contributed by atoms with Crippen LogP contribution in [0.1, 0.15) is 30.6 Å². The van der Waals surface area contributed by atoms with E-state index in [4.69, 9.17) is 0 Å². The van der Waals surface area contributed by atoms with E-state index in [0.29, 0.717) is 18.5 Å². The second-order valence-electron chi connectivity index (χ2n) is 4.39. The van der Waals surface area contributed by atoms with Crippen molar-refractivity contribution in [2.75, 3.05) is 13.6 Å². The van der Waals surface area contributed by atoms with Crippen LogP contribution in [0.3, 0.4) is 0 Å². The maximum Gasteiger partial charge on any atom is 0.180 e. The number of carbonyl (C=O) groups is 1. The Bertz CT molecular complexity index is 504. The molecule has 0 saturated carbocycles. The molecule has 0 radical (unpaired) electrons. The van der Waals surface area contributed by atoms with E-state index >= 15 is 0 Å². The summed E-state index contributed by atoms with van der Waals surface area (Å²) in [7, 11) is -1.48. The summed E-state index contributed by atoms with van der Waals surface area (Å²) >= 11 is 0. The average Bonchev–Trinajstić information content (AvgIpc) is 2.35. The van der Waals surface area contributed by atoms with Gasteiger partial charge in [-0.2, -0.15) is 0 Å². The molecule has 0 aliphatic carbocycles. The van der Waals surface area contributed by atoms with Gasteiger partial charge in [0.25, 0.3) is 0 Å². The van der Waals surface area contributed by atoms with Crippen LogP contribution in [0.4, 0.5) is 0 Å². The first-order valence-electron chi connectivity index (χ1n) is 5.91. The summed E-state index contributed by atoms with van der Waals surface area (Å²) in [5, 5.41) is 2.45. The van der Waals surface area contributed by atoms with Crippen LogP contribution >= 0.6 is 0 Å². The summed E-state index contributed by atoms with van der Waals surface area (Å²) in [6.45, 7) is 3.90. The summed E-state index contributed by atoms with van der Waals surface area (Å²) in [4.78, 5) is 12.0. The molecule has 0 amide bonds. The Labute approximate surface area is 108 Å². The molecule has 0 spiro atoms. The molecule has 1 N–H and O–H groups in total. The number of Topliss-reactive ketones (excluding diaryl/α,β-unsaturated/α-hetero) is 1. The number of carbonyl (C=O) groups excluding carboxylic acids is 1. The molecule has 0 unspecified atom stereocenters. The highest BCUT2D eigenvalue weighted by Crippen LogP contribution is 2.17. The standard InChI is InChI=1S/C13H19NO3S/c1-10(2)18(16,17)12-6-4-11(5-7-12)13(15)8-9-14-3/h4-7,10,14H,8-9H2,1-3H3. The molecule has 0 aliphatic rings. The Morgan fingerprint density at radius 2 is 1.78 bits per heavy atom. The third kappa shape index (κ3) is 3.40. The normalized spacial score (nSPS) is 11.8. The molecule has 0 atom stereocenters. The van der Waals surface area contributed by atoms with Crippen LogP contribution in [-0.4, -0.2) is 33.0 Å². The van der Waals surface area contributed by atoms with Gasteiger partial charge in [-0.15, -0.1) is 0 Å². The zero-order chi connectivity index (χ0) is 13.8. The fraction of sp³-hybridized carbons (Fsp3) is 0.462. The first-order chi connectivity index (χ1) is 8.39. The van der Waals surface area contributed by atoms with E-state index in [2.05, 4.69) is 5.32 Å². The van der Waals surface area contributed by atoms with Crippen LogP contribution in [0, 0.1) is 0 Å². The lowest BCUT2D eigenvalue weighted by molar-refractivity contribution is 0.0983. The van der Waals surface area contributed by atoms with Crippen LogP contribution in [0.5, 0.6) is 0 Å². The topological polar surface area (TPSA) is 63.2 Å². The molecular weight excluding hydrogens is 250 g/mol. The Morgan fingerprint density at radius 3 is 2.22 bits per heavy atom. The number of hydrogen-bond donors (Lipinski definition) is 1. The number of hydrogen-bond acceptors (Lipinski definition) is 4. The highest BCUT2D eigenvalue weighted by molar-refractivity contribution is 7.92. The van der Waals surface area contributed by atoms with Gasteiger partial charge < -0.3 is 5.32 Å². The fourth-order valence-electron chi connectivity index (χ4n) is 1.49. The van der Waals surface area contributed by atoms with Gasteiger partial charge in [0.2, 0.25) is 0 Å². The van der Waals surface area contributed by atoms with E-state index in [1.165, 1.54) is 12.1 Å². The summed E-state index contributed by atoms with van der Waals surface area (Å²) in [5.41, 5.74) is 0.549. The van der Waals surface area contributed by atoms with Crippen molar-refractivity contribution in [1.82, 2.24) is 5.32 Å². The van der Waals surface area contributed by atoms with Crippen molar-refractivity contribution >= 4 is 15.6 Å². The van der Waals surface area contributed by atoms with Crippen molar-refractivity contribution in [3.63, 3.8) is 0 Å². The Morgan fingerprint density at radius 1 is 1.22 bits per heavy atom. The van der Waals surface area contributed by atoms with Gasteiger partial charge in [-0.1, -0.05) is 12.1 Å². The largest absolute Gasteiger partial charge is 0.319 e. The Kier molecular flexibility index (Phi) is 5.04. The zero-order valence-corrected chi connectivity index (χ0v) is 11.8. The molecule has 1 aromatic rings. The second-order valence-corrected chi connectivity index (χ2v) is 6.90. The molecule has 0 aliphatic heterocycles. The Hall–Kier alpha value is -1.20. The van der Waals surface area contributed by atoms with Crippen molar-refractivity contribution in [3.05, 3.63) is 29.8 Å². The van der Waals surface area contributed by atoms with Crippen LogP contribution in [0.25, 0.3) is 0 Å². The van der Waals surface area contributed by atoms with Gasteiger partial charge in [-0.05, 0) is 33.0 Å². The molecule has 0 bridgehead atoms. The van der Waals surface area contributed by atoms with Crippen LogP contribution in [0.15, 0.2) is 29.2 Å². The molecule has 5 heteroatoms. The van der Waals surface area contributed by atoms with Crippen LogP contribution in [0.2, 0.25) is 0 Å². The fourth-order valence-corrected chi connectivity index (χ4v) is 2.55. The summed E-state index contributed by atoms with van der Waals surface area (Å²) in [5.74, 6) is 0.0119. The summed E-state index contributed by atoms with van der Waals surface area (Å²) < 4.78 is 23.8. The molecule has 1 aromatic carbocycles. The predicted octanol–water partition coefficient (Wildman–Crippen LogP) is 1.66. The van der Waals surface area contributed by atoms with Gasteiger partial charge in [0.05, 0.1) is 10.1 Å². The molecule has 18 heavy (non-hydrogen) atoms. The van der Waals surface area contributed by atoms with E-state index in [1.807, 2.05) is 0 Å². The SMILES string of the molecule is CNCCC(=O)c1ccc(S(=O)(=O)C(C)C)cc1. The van der Waals surface area contributed by atoms with Crippen LogP contribution in [-0.2, 0) is 9.84 Å². The molecule has 100 valence electrons. The minimum Gasteiger partial charge on any atom is -0.319 e. The van der Waals surface area contributed by atoms with Crippen molar-refractivity contribution in [3.8, 4) is 0 Å². The van der Waals surface area contributed by atoms with Crippen molar-refractivity contribution in [1.29, 1.82) is 0 Å². The average molecular weight is 269 g/mol. The number of sulfone groups is 1. The van der Waals surface area contributed by atoms with Crippen LogP contribution < -0.4 is 5.32 Å². The lowest BCUT2D eigenvalue weighted by Crippen LogP contribution is -2.15. The third-order valence-electron chi connectivity index (χ3n) is 2.73. The first-order valence-corrected chi connectivity index (χ1v) is 7.46. The maximum atomic E-state index is 11.9. The molecule has 1 rings (SSSR count). The summed E-state index contributed by atoms with van der Waals surface area (Å²) in [6, 6.07) is 6.16. The number of rotatable bonds is 6. The second kappa shape index (κ2) is 6.11. The van der Waals surface area contributed by atoms with E-state index in [0.717, 1.165) is 0 Å². The molecule has 0 fully saturated rings. The minimum atomic E-state index is -3.26. The minimum absolute atomic E-state index is 0.0119. The van der Waals surface area contributed by atoms with Gasteiger partial charge in [0.1, 0.15) is 0 Å².